The van der Waals surface area contributed by atoms with E-state index in [4.69, 9.17) is 15.2 Å². The van der Waals surface area contributed by atoms with Crippen molar-refractivity contribution in [2.75, 3.05) is 19.5 Å². The molecule has 1 aliphatic carbocycles. The average Bonchev–Trinajstić information content (AvgIpc) is 3.10. The molecule has 0 bridgehead atoms. The first kappa shape index (κ1) is 17.7. The maximum Gasteiger partial charge on any atom is 0.246 e. The molecule has 1 aromatic heterocycles. The van der Waals surface area contributed by atoms with Crippen molar-refractivity contribution in [3.05, 3.63) is 23.6 Å². The highest BCUT2D eigenvalue weighted by Gasteiger charge is 2.35. The van der Waals surface area contributed by atoms with Crippen LogP contribution in [0.25, 0.3) is 11.3 Å². The van der Waals surface area contributed by atoms with Crippen LogP contribution in [0, 0.1) is 0 Å². The Morgan fingerprint density at radius 2 is 1.92 bits per heavy atom. The predicted octanol–water partition coefficient (Wildman–Crippen LogP) is 3.43. The van der Waals surface area contributed by atoms with Crippen molar-refractivity contribution < 1.29 is 14.3 Å². The average molecular weight is 361 g/mol. The van der Waals surface area contributed by atoms with E-state index in [9.17, 15) is 4.79 Å². The van der Waals surface area contributed by atoms with E-state index in [0.717, 1.165) is 43.4 Å². The van der Waals surface area contributed by atoms with Crippen molar-refractivity contribution in [1.29, 1.82) is 0 Å². The van der Waals surface area contributed by atoms with Gasteiger partial charge in [0, 0.05) is 10.9 Å². The molecule has 1 heterocycles. The lowest BCUT2D eigenvalue weighted by molar-refractivity contribution is -0.122. The Morgan fingerprint density at radius 1 is 1.20 bits per heavy atom. The molecular weight excluding hydrogens is 338 g/mol. The maximum absolute atomic E-state index is 12.5. The highest BCUT2D eigenvalue weighted by molar-refractivity contribution is 7.14. The summed E-state index contributed by atoms with van der Waals surface area (Å²) in [5.74, 6) is 1.17. The van der Waals surface area contributed by atoms with E-state index >= 15 is 0 Å². The minimum Gasteiger partial charge on any atom is -0.493 e. The van der Waals surface area contributed by atoms with Gasteiger partial charge in [0.05, 0.1) is 25.5 Å². The van der Waals surface area contributed by atoms with Gasteiger partial charge in [-0.3, -0.25) is 4.79 Å². The molecule has 1 aromatic carbocycles. The summed E-state index contributed by atoms with van der Waals surface area (Å²) in [6.07, 6.45) is 4.60. The van der Waals surface area contributed by atoms with Crippen molar-refractivity contribution in [3.63, 3.8) is 0 Å². The molecule has 0 aliphatic heterocycles. The van der Waals surface area contributed by atoms with Gasteiger partial charge in [0.25, 0.3) is 0 Å². The molecule has 0 radical (unpaired) electrons. The van der Waals surface area contributed by atoms with Crippen molar-refractivity contribution in [2.45, 2.75) is 37.6 Å². The number of thiazole rings is 1. The van der Waals surface area contributed by atoms with Crippen LogP contribution in [-0.4, -0.2) is 30.6 Å². The lowest BCUT2D eigenvalue weighted by Gasteiger charge is -2.31. The summed E-state index contributed by atoms with van der Waals surface area (Å²) in [7, 11) is 3.20. The Bertz CT molecular complexity index is 754. The first-order valence-electron chi connectivity index (χ1n) is 8.34. The second-order valence-electron chi connectivity index (χ2n) is 6.28. The summed E-state index contributed by atoms with van der Waals surface area (Å²) in [6.45, 7) is 0. The van der Waals surface area contributed by atoms with Gasteiger partial charge in [0.1, 0.15) is 0 Å². The summed E-state index contributed by atoms with van der Waals surface area (Å²) in [6, 6.07) is 5.61. The molecule has 1 saturated carbocycles. The highest BCUT2D eigenvalue weighted by Crippen LogP contribution is 2.34. The van der Waals surface area contributed by atoms with Gasteiger partial charge in [-0.15, -0.1) is 11.3 Å². The van der Waals surface area contributed by atoms with E-state index in [0.29, 0.717) is 16.6 Å². The Balaban J connectivity index is 1.75. The fourth-order valence-electron chi connectivity index (χ4n) is 3.09. The van der Waals surface area contributed by atoms with Crippen LogP contribution in [0.4, 0.5) is 5.13 Å². The largest absolute Gasteiger partial charge is 0.493 e. The number of amides is 1. The fourth-order valence-corrected chi connectivity index (χ4v) is 3.81. The third kappa shape index (κ3) is 3.77. The number of rotatable bonds is 5. The smallest absolute Gasteiger partial charge is 0.246 e. The number of hydrogen-bond donors (Lipinski definition) is 2. The number of nitrogens with two attached hydrogens (primary N) is 1. The van der Waals surface area contributed by atoms with E-state index in [2.05, 4.69) is 10.3 Å². The van der Waals surface area contributed by atoms with Gasteiger partial charge in [-0.2, -0.15) is 0 Å². The van der Waals surface area contributed by atoms with Gasteiger partial charge < -0.3 is 20.5 Å². The molecule has 25 heavy (non-hydrogen) atoms. The Labute approximate surface area is 151 Å². The lowest BCUT2D eigenvalue weighted by Crippen LogP contribution is -2.52. The summed E-state index contributed by atoms with van der Waals surface area (Å²) in [4.78, 5) is 17.0. The minimum atomic E-state index is -0.770. The standard InChI is InChI=1S/C18H23N3O3S/c1-23-14-7-6-12(10-15(14)24-2)13-11-25-17(20-13)21-16(22)18(19)8-4-3-5-9-18/h6-7,10-11H,3-5,8-9,19H2,1-2H3,(H,20,21,22). The number of anilines is 1. The quantitative estimate of drug-likeness (QED) is 0.852. The van der Waals surface area contributed by atoms with Crippen LogP contribution < -0.4 is 20.5 Å². The molecule has 0 spiro atoms. The van der Waals surface area contributed by atoms with Gasteiger partial charge >= 0.3 is 0 Å². The number of aromatic nitrogens is 1. The van der Waals surface area contributed by atoms with E-state index in [1.807, 2.05) is 23.6 Å². The monoisotopic (exact) mass is 361 g/mol. The van der Waals surface area contributed by atoms with Gasteiger partial charge in [-0.05, 0) is 31.0 Å². The Hall–Kier alpha value is -2.12. The van der Waals surface area contributed by atoms with Gasteiger partial charge in [-0.1, -0.05) is 19.3 Å². The summed E-state index contributed by atoms with van der Waals surface area (Å²) in [5, 5.41) is 5.35. The number of nitrogens with one attached hydrogen (secondary N) is 1. The molecule has 2 aromatic rings. The zero-order valence-electron chi connectivity index (χ0n) is 14.5. The van der Waals surface area contributed by atoms with Gasteiger partial charge in [0.2, 0.25) is 5.91 Å². The molecule has 0 saturated heterocycles. The van der Waals surface area contributed by atoms with E-state index in [1.54, 1.807) is 14.2 Å². The molecule has 134 valence electrons. The SMILES string of the molecule is COc1ccc(-c2csc(NC(=O)C3(N)CCCCC3)n2)cc1OC. The molecule has 6 nitrogen and oxygen atoms in total. The van der Waals surface area contributed by atoms with Crippen molar-refractivity contribution >= 4 is 22.4 Å². The molecule has 0 atom stereocenters. The number of carbonyl (C=O) groups excluding carboxylic acids is 1. The highest BCUT2D eigenvalue weighted by atomic mass is 32.1. The Morgan fingerprint density at radius 3 is 2.60 bits per heavy atom. The van der Waals surface area contributed by atoms with E-state index < -0.39 is 5.54 Å². The maximum atomic E-state index is 12.5. The molecule has 3 N–H and O–H groups in total. The van der Waals surface area contributed by atoms with Crippen molar-refractivity contribution in [1.82, 2.24) is 4.98 Å². The zero-order valence-corrected chi connectivity index (χ0v) is 15.3. The Kier molecular flexibility index (Phi) is 5.24. The third-order valence-electron chi connectivity index (χ3n) is 4.60. The summed E-state index contributed by atoms with van der Waals surface area (Å²) < 4.78 is 10.6. The number of hydrogen-bond acceptors (Lipinski definition) is 6. The number of benzene rings is 1. The van der Waals surface area contributed by atoms with Crippen LogP contribution in [0.3, 0.4) is 0 Å². The van der Waals surface area contributed by atoms with Crippen LogP contribution in [0.5, 0.6) is 11.5 Å². The second kappa shape index (κ2) is 7.41. The van der Waals surface area contributed by atoms with Crippen LogP contribution in [0.15, 0.2) is 23.6 Å². The van der Waals surface area contributed by atoms with Crippen LogP contribution in [0.2, 0.25) is 0 Å². The van der Waals surface area contributed by atoms with E-state index in [-0.39, 0.29) is 5.91 Å². The topological polar surface area (TPSA) is 86.5 Å². The van der Waals surface area contributed by atoms with Crippen LogP contribution in [-0.2, 0) is 4.79 Å². The summed E-state index contributed by atoms with van der Waals surface area (Å²) >= 11 is 1.39. The minimum absolute atomic E-state index is 0.139. The zero-order chi connectivity index (χ0) is 17.9. The second-order valence-corrected chi connectivity index (χ2v) is 7.14. The van der Waals surface area contributed by atoms with Crippen molar-refractivity contribution in [2.24, 2.45) is 5.73 Å². The lowest BCUT2D eigenvalue weighted by atomic mass is 9.82. The third-order valence-corrected chi connectivity index (χ3v) is 5.36. The van der Waals surface area contributed by atoms with Crippen molar-refractivity contribution in [3.8, 4) is 22.8 Å². The van der Waals surface area contributed by atoms with Crippen LogP contribution >= 0.6 is 11.3 Å². The molecular formula is C18H23N3O3S. The number of ether oxygens (including phenoxy) is 2. The van der Waals surface area contributed by atoms with Gasteiger partial charge in [0.15, 0.2) is 16.6 Å². The van der Waals surface area contributed by atoms with E-state index in [1.165, 1.54) is 11.3 Å². The molecule has 1 fully saturated rings. The summed E-state index contributed by atoms with van der Waals surface area (Å²) in [5.41, 5.74) is 7.17. The number of nitrogens with zero attached hydrogens (tertiary/aromatic N) is 1. The fraction of sp³-hybridized carbons (Fsp3) is 0.444. The first-order valence-corrected chi connectivity index (χ1v) is 9.22. The molecule has 1 aliphatic rings. The predicted molar refractivity (Wildman–Crippen MR) is 99.3 cm³/mol. The molecule has 3 rings (SSSR count). The molecule has 0 unspecified atom stereocenters. The first-order chi connectivity index (χ1) is 12.1. The number of carbonyl (C=O) groups is 1. The molecule has 1 amide bonds. The normalized spacial score (nSPS) is 16.3. The number of methoxy groups -OCH3 is 2. The molecule has 7 heteroatoms. The van der Waals surface area contributed by atoms with Gasteiger partial charge in [-0.25, -0.2) is 4.98 Å². The van der Waals surface area contributed by atoms with Crippen LogP contribution in [0.1, 0.15) is 32.1 Å².